The Balaban J connectivity index is 2.28. The standard InChI is InChI=1S/C12H14ClN3/c1-12(2)6-9(12)16-10-7(13)4-3-5-8(10)15-11(16)14/h3-5,9H,6H2,1-2H3,(H2,14,15). The minimum atomic E-state index is 0.306. The highest BCUT2D eigenvalue weighted by Crippen LogP contribution is 2.57. The van der Waals surface area contributed by atoms with Crippen molar-refractivity contribution in [3.8, 4) is 0 Å². The fourth-order valence-electron chi connectivity index (χ4n) is 2.32. The summed E-state index contributed by atoms with van der Waals surface area (Å²) in [5.74, 6) is 0.568. The molecule has 0 radical (unpaired) electrons. The van der Waals surface area contributed by atoms with Crippen LogP contribution < -0.4 is 5.73 Å². The van der Waals surface area contributed by atoms with Gasteiger partial charge in [-0.25, -0.2) is 4.98 Å². The van der Waals surface area contributed by atoms with Crippen molar-refractivity contribution in [2.45, 2.75) is 26.3 Å². The van der Waals surface area contributed by atoms with Crippen LogP contribution in [0, 0.1) is 5.41 Å². The van der Waals surface area contributed by atoms with Gasteiger partial charge in [-0.15, -0.1) is 0 Å². The van der Waals surface area contributed by atoms with Crippen molar-refractivity contribution in [3.05, 3.63) is 23.2 Å². The predicted molar refractivity (Wildman–Crippen MR) is 66.6 cm³/mol. The maximum atomic E-state index is 6.22. The topological polar surface area (TPSA) is 43.8 Å². The molecule has 84 valence electrons. The minimum absolute atomic E-state index is 0.306. The van der Waals surface area contributed by atoms with Gasteiger partial charge in [0, 0.05) is 6.04 Å². The molecule has 1 saturated carbocycles. The van der Waals surface area contributed by atoms with Gasteiger partial charge in [-0.1, -0.05) is 31.5 Å². The Kier molecular flexibility index (Phi) is 1.82. The van der Waals surface area contributed by atoms with E-state index < -0.39 is 0 Å². The van der Waals surface area contributed by atoms with Gasteiger partial charge in [0.1, 0.15) is 0 Å². The normalized spacial score (nSPS) is 22.6. The summed E-state index contributed by atoms with van der Waals surface area (Å²) in [6.45, 7) is 4.47. The molecule has 1 aromatic heterocycles. The molecule has 3 rings (SSSR count). The molecule has 1 aliphatic rings. The lowest BCUT2D eigenvalue weighted by atomic mass is 10.2. The molecule has 2 N–H and O–H groups in total. The maximum Gasteiger partial charge on any atom is 0.201 e. The third-order valence-electron chi connectivity index (χ3n) is 3.46. The van der Waals surface area contributed by atoms with Gasteiger partial charge in [0.05, 0.1) is 16.1 Å². The Morgan fingerprint density at radius 2 is 2.19 bits per heavy atom. The first-order valence-electron chi connectivity index (χ1n) is 5.42. The first kappa shape index (κ1) is 9.97. The number of para-hydroxylation sites is 1. The average molecular weight is 236 g/mol. The van der Waals surface area contributed by atoms with E-state index in [1.165, 1.54) is 0 Å². The van der Waals surface area contributed by atoms with E-state index in [1.807, 2.05) is 18.2 Å². The summed E-state index contributed by atoms with van der Waals surface area (Å²) in [5.41, 5.74) is 8.14. The number of nitrogens with zero attached hydrogens (tertiary/aromatic N) is 2. The molecule has 1 fully saturated rings. The molecule has 2 aromatic rings. The number of hydrogen-bond acceptors (Lipinski definition) is 2. The number of imidazole rings is 1. The summed E-state index contributed by atoms with van der Waals surface area (Å²) in [5, 5.41) is 0.726. The Morgan fingerprint density at radius 3 is 2.81 bits per heavy atom. The van der Waals surface area contributed by atoms with Gasteiger partial charge in [-0.3, -0.25) is 0 Å². The molecule has 1 unspecified atom stereocenters. The first-order chi connectivity index (χ1) is 7.50. The highest BCUT2D eigenvalue weighted by atomic mass is 35.5. The fourth-order valence-corrected chi connectivity index (χ4v) is 2.58. The predicted octanol–water partition coefficient (Wildman–Crippen LogP) is 3.24. The van der Waals surface area contributed by atoms with Crippen LogP contribution in [0.5, 0.6) is 0 Å². The van der Waals surface area contributed by atoms with E-state index in [1.54, 1.807) is 0 Å². The van der Waals surface area contributed by atoms with E-state index in [-0.39, 0.29) is 0 Å². The van der Waals surface area contributed by atoms with Crippen LogP contribution >= 0.6 is 11.6 Å². The molecule has 4 heteroatoms. The summed E-state index contributed by atoms with van der Waals surface area (Å²) in [4.78, 5) is 4.36. The third kappa shape index (κ3) is 1.24. The number of fused-ring (bicyclic) bond motifs is 1. The van der Waals surface area contributed by atoms with Crippen LogP contribution in [0.2, 0.25) is 5.02 Å². The summed E-state index contributed by atoms with van der Waals surface area (Å²) < 4.78 is 2.08. The van der Waals surface area contributed by atoms with Crippen molar-refractivity contribution in [2.24, 2.45) is 5.41 Å². The second kappa shape index (κ2) is 2.92. The van der Waals surface area contributed by atoms with Crippen molar-refractivity contribution < 1.29 is 0 Å². The molecule has 1 aromatic carbocycles. The van der Waals surface area contributed by atoms with Crippen LogP contribution in [0.1, 0.15) is 26.3 Å². The maximum absolute atomic E-state index is 6.22. The highest BCUT2D eigenvalue weighted by molar-refractivity contribution is 6.35. The van der Waals surface area contributed by atoms with Gasteiger partial charge < -0.3 is 10.3 Å². The number of nitrogens with two attached hydrogens (primary N) is 1. The van der Waals surface area contributed by atoms with Crippen molar-refractivity contribution >= 4 is 28.6 Å². The largest absolute Gasteiger partial charge is 0.369 e. The summed E-state index contributed by atoms with van der Waals surface area (Å²) >= 11 is 6.22. The monoisotopic (exact) mass is 235 g/mol. The van der Waals surface area contributed by atoms with Crippen LogP contribution in [0.25, 0.3) is 11.0 Å². The number of rotatable bonds is 1. The van der Waals surface area contributed by atoms with Gasteiger partial charge in [0.2, 0.25) is 5.95 Å². The van der Waals surface area contributed by atoms with Gasteiger partial charge in [-0.05, 0) is 24.0 Å². The molecule has 1 atom stereocenters. The van der Waals surface area contributed by atoms with Crippen LogP contribution in [0.3, 0.4) is 0 Å². The van der Waals surface area contributed by atoms with E-state index >= 15 is 0 Å². The molecule has 0 saturated heterocycles. The molecular formula is C12H14ClN3. The smallest absolute Gasteiger partial charge is 0.201 e. The number of hydrogen-bond donors (Lipinski definition) is 1. The van der Waals surface area contributed by atoms with E-state index in [4.69, 9.17) is 17.3 Å². The Labute approximate surface area is 99.2 Å². The van der Waals surface area contributed by atoms with E-state index in [9.17, 15) is 0 Å². The second-order valence-electron chi connectivity index (χ2n) is 5.16. The number of benzene rings is 1. The minimum Gasteiger partial charge on any atom is -0.369 e. The zero-order chi connectivity index (χ0) is 11.5. The third-order valence-corrected chi connectivity index (χ3v) is 3.77. The zero-order valence-corrected chi connectivity index (χ0v) is 10.1. The van der Waals surface area contributed by atoms with Crippen molar-refractivity contribution in [1.29, 1.82) is 0 Å². The quantitative estimate of drug-likeness (QED) is 0.825. The number of aromatic nitrogens is 2. The number of anilines is 1. The van der Waals surface area contributed by atoms with E-state index in [2.05, 4.69) is 23.4 Å². The van der Waals surface area contributed by atoms with Crippen LogP contribution in [-0.4, -0.2) is 9.55 Å². The van der Waals surface area contributed by atoms with Crippen LogP contribution in [0.4, 0.5) is 5.95 Å². The Morgan fingerprint density at radius 1 is 1.50 bits per heavy atom. The van der Waals surface area contributed by atoms with Crippen LogP contribution in [0.15, 0.2) is 18.2 Å². The highest BCUT2D eigenvalue weighted by Gasteiger charge is 2.48. The molecule has 0 bridgehead atoms. The molecule has 0 amide bonds. The van der Waals surface area contributed by atoms with E-state index in [0.717, 1.165) is 22.5 Å². The number of nitrogen functional groups attached to an aromatic ring is 1. The zero-order valence-electron chi connectivity index (χ0n) is 9.37. The lowest BCUT2D eigenvalue weighted by molar-refractivity contribution is 0.553. The summed E-state index contributed by atoms with van der Waals surface area (Å²) in [7, 11) is 0. The van der Waals surface area contributed by atoms with Crippen molar-refractivity contribution in [2.75, 3.05) is 5.73 Å². The van der Waals surface area contributed by atoms with Crippen molar-refractivity contribution in [1.82, 2.24) is 9.55 Å². The second-order valence-corrected chi connectivity index (χ2v) is 5.56. The first-order valence-corrected chi connectivity index (χ1v) is 5.80. The molecule has 16 heavy (non-hydrogen) atoms. The lowest BCUT2D eigenvalue weighted by Gasteiger charge is -2.09. The molecule has 0 spiro atoms. The van der Waals surface area contributed by atoms with E-state index in [0.29, 0.717) is 17.4 Å². The summed E-state index contributed by atoms with van der Waals surface area (Å²) in [6, 6.07) is 6.16. The molecular weight excluding hydrogens is 222 g/mol. The lowest BCUT2D eigenvalue weighted by Crippen LogP contribution is -2.05. The van der Waals surface area contributed by atoms with Gasteiger partial charge in [0.15, 0.2) is 0 Å². The van der Waals surface area contributed by atoms with Gasteiger partial charge >= 0.3 is 0 Å². The van der Waals surface area contributed by atoms with Crippen molar-refractivity contribution in [3.63, 3.8) is 0 Å². The Bertz CT molecular complexity index is 571. The van der Waals surface area contributed by atoms with Gasteiger partial charge in [-0.2, -0.15) is 0 Å². The van der Waals surface area contributed by atoms with Crippen LogP contribution in [-0.2, 0) is 0 Å². The molecule has 1 heterocycles. The fraction of sp³-hybridized carbons (Fsp3) is 0.417. The molecule has 1 aliphatic carbocycles. The van der Waals surface area contributed by atoms with Gasteiger partial charge in [0.25, 0.3) is 0 Å². The molecule has 0 aliphatic heterocycles. The average Bonchev–Trinajstić information content (AvgIpc) is 2.67. The number of halogens is 1. The molecule has 3 nitrogen and oxygen atoms in total. The summed E-state index contributed by atoms with van der Waals surface area (Å²) in [6.07, 6.45) is 1.13. The SMILES string of the molecule is CC1(C)CC1n1c(N)nc2cccc(Cl)c21. The Hall–Kier alpha value is -1.22.